The molecule has 1 atom stereocenters. The molecular formula is C10H14N4O2. The van der Waals surface area contributed by atoms with Gasteiger partial charge in [0.2, 0.25) is 5.91 Å². The van der Waals surface area contributed by atoms with Gasteiger partial charge in [-0.1, -0.05) is 0 Å². The van der Waals surface area contributed by atoms with E-state index in [1.807, 2.05) is 0 Å². The number of nitrogens with one attached hydrogen (secondary N) is 2. The molecule has 2 heterocycles. The van der Waals surface area contributed by atoms with Gasteiger partial charge >= 0.3 is 0 Å². The third-order valence-electron chi connectivity index (χ3n) is 2.70. The first kappa shape index (κ1) is 10.5. The first-order valence-electron chi connectivity index (χ1n) is 5.12. The summed E-state index contributed by atoms with van der Waals surface area (Å²) in [6, 6.07) is 1.13. The predicted molar refractivity (Wildman–Crippen MR) is 58.7 cm³/mol. The molecule has 1 aromatic heterocycles. The Morgan fingerprint density at radius 3 is 3.00 bits per heavy atom. The van der Waals surface area contributed by atoms with Crippen LogP contribution >= 0.6 is 0 Å². The van der Waals surface area contributed by atoms with E-state index in [0.717, 1.165) is 0 Å². The van der Waals surface area contributed by atoms with Crippen molar-refractivity contribution in [3.63, 3.8) is 0 Å². The lowest BCUT2D eigenvalue weighted by Gasteiger charge is -2.32. The van der Waals surface area contributed by atoms with Crippen molar-refractivity contribution >= 4 is 17.5 Å². The molecule has 2 rings (SSSR count). The highest BCUT2D eigenvalue weighted by atomic mass is 16.2. The molecule has 1 saturated heterocycles. The molecule has 0 bridgehead atoms. The highest BCUT2D eigenvalue weighted by Gasteiger charge is 2.30. The molecule has 2 amide bonds. The van der Waals surface area contributed by atoms with Gasteiger partial charge in [-0.25, -0.2) is 0 Å². The average Bonchev–Trinajstić information content (AvgIpc) is 2.68. The van der Waals surface area contributed by atoms with E-state index in [4.69, 9.17) is 5.73 Å². The molecule has 0 spiro atoms. The van der Waals surface area contributed by atoms with Crippen molar-refractivity contribution in [3.8, 4) is 0 Å². The molecular weight excluding hydrogens is 208 g/mol. The monoisotopic (exact) mass is 222 g/mol. The van der Waals surface area contributed by atoms with Gasteiger partial charge in [0.15, 0.2) is 0 Å². The largest absolute Gasteiger partial charge is 0.397 e. The van der Waals surface area contributed by atoms with Crippen molar-refractivity contribution in [1.82, 2.24) is 15.2 Å². The SMILES string of the molecule is CC1C(=O)NCCN1C(=O)c1cc(N)c[nH]1. The van der Waals surface area contributed by atoms with Gasteiger partial charge in [0.1, 0.15) is 11.7 Å². The second-order valence-corrected chi connectivity index (χ2v) is 3.81. The zero-order valence-corrected chi connectivity index (χ0v) is 8.99. The van der Waals surface area contributed by atoms with Crippen molar-refractivity contribution < 1.29 is 9.59 Å². The van der Waals surface area contributed by atoms with Crippen molar-refractivity contribution in [1.29, 1.82) is 0 Å². The van der Waals surface area contributed by atoms with Gasteiger partial charge in [0.05, 0.1) is 0 Å². The Hall–Kier alpha value is -1.98. The lowest BCUT2D eigenvalue weighted by molar-refractivity contribution is -0.127. The Kier molecular flexibility index (Phi) is 2.55. The normalized spacial score (nSPS) is 20.7. The zero-order valence-electron chi connectivity index (χ0n) is 8.99. The Morgan fingerprint density at radius 2 is 2.38 bits per heavy atom. The summed E-state index contributed by atoms with van der Waals surface area (Å²) in [5.41, 5.74) is 6.45. The van der Waals surface area contributed by atoms with Crippen LogP contribution in [0.1, 0.15) is 17.4 Å². The summed E-state index contributed by atoms with van der Waals surface area (Å²) in [6.45, 7) is 2.72. The summed E-state index contributed by atoms with van der Waals surface area (Å²) < 4.78 is 0. The van der Waals surface area contributed by atoms with Gasteiger partial charge in [0.25, 0.3) is 5.91 Å². The molecule has 1 unspecified atom stereocenters. The van der Waals surface area contributed by atoms with Crippen LogP contribution in [0.5, 0.6) is 0 Å². The molecule has 1 aliphatic rings. The van der Waals surface area contributed by atoms with Crippen LogP contribution in [0, 0.1) is 0 Å². The first-order chi connectivity index (χ1) is 7.59. The standard InChI is InChI=1S/C10H14N4O2/c1-6-9(15)12-2-3-14(6)10(16)8-4-7(11)5-13-8/h4-6,13H,2-3,11H2,1H3,(H,12,15). The lowest BCUT2D eigenvalue weighted by atomic mass is 10.2. The van der Waals surface area contributed by atoms with E-state index in [1.165, 1.54) is 4.90 Å². The Balaban J connectivity index is 2.18. The number of nitrogen functional groups attached to an aromatic ring is 1. The number of aromatic amines is 1. The first-order valence-corrected chi connectivity index (χ1v) is 5.12. The van der Waals surface area contributed by atoms with Crippen LogP contribution in [-0.2, 0) is 4.79 Å². The van der Waals surface area contributed by atoms with Crippen LogP contribution in [0.3, 0.4) is 0 Å². The summed E-state index contributed by atoms with van der Waals surface area (Å²) in [5, 5.41) is 2.71. The predicted octanol–water partition coefficient (Wildman–Crippen LogP) is -0.443. The minimum Gasteiger partial charge on any atom is -0.397 e. The summed E-state index contributed by atoms with van der Waals surface area (Å²) in [7, 11) is 0. The van der Waals surface area contributed by atoms with Gasteiger partial charge in [-0.05, 0) is 13.0 Å². The molecule has 0 radical (unpaired) electrons. The van der Waals surface area contributed by atoms with Gasteiger partial charge in [-0.15, -0.1) is 0 Å². The van der Waals surface area contributed by atoms with Crippen molar-refractivity contribution in [2.75, 3.05) is 18.8 Å². The number of hydrogen-bond donors (Lipinski definition) is 3. The molecule has 6 nitrogen and oxygen atoms in total. The smallest absolute Gasteiger partial charge is 0.271 e. The Bertz CT molecular complexity index is 426. The van der Waals surface area contributed by atoms with Gasteiger partial charge in [0, 0.05) is 25.0 Å². The average molecular weight is 222 g/mol. The molecule has 0 saturated carbocycles. The van der Waals surface area contributed by atoms with Gasteiger partial charge < -0.3 is 20.9 Å². The second-order valence-electron chi connectivity index (χ2n) is 3.81. The number of amides is 2. The van der Waals surface area contributed by atoms with E-state index < -0.39 is 6.04 Å². The maximum absolute atomic E-state index is 12.0. The van der Waals surface area contributed by atoms with Crippen molar-refractivity contribution in [3.05, 3.63) is 18.0 Å². The van der Waals surface area contributed by atoms with Crippen LogP contribution in [0.15, 0.2) is 12.3 Å². The van der Waals surface area contributed by atoms with E-state index in [1.54, 1.807) is 19.2 Å². The number of aromatic nitrogens is 1. The quantitative estimate of drug-likeness (QED) is 0.601. The van der Waals surface area contributed by atoms with Crippen LogP contribution < -0.4 is 11.1 Å². The van der Waals surface area contributed by atoms with E-state index in [2.05, 4.69) is 10.3 Å². The Labute approximate surface area is 92.8 Å². The minimum absolute atomic E-state index is 0.126. The molecule has 4 N–H and O–H groups in total. The molecule has 86 valence electrons. The molecule has 16 heavy (non-hydrogen) atoms. The number of nitrogens with zero attached hydrogens (tertiary/aromatic N) is 1. The third kappa shape index (κ3) is 1.73. The number of piperazine rings is 1. The number of hydrogen-bond acceptors (Lipinski definition) is 3. The highest BCUT2D eigenvalue weighted by Crippen LogP contribution is 2.12. The second kappa shape index (κ2) is 3.88. The van der Waals surface area contributed by atoms with Crippen LogP contribution in [0.2, 0.25) is 0 Å². The maximum Gasteiger partial charge on any atom is 0.271 e. The number of carbonyl (C=O) groups is 2. The highest BCUT2D eigenvalue weighted by molar-refractivity contribution is 5.97. The zero-order chi connectivity index (χ0) is 11.7. The van der Waals surface area contributed by atoms with E-state index in [-0.39, 0.29) is 11.8 Å². The van der Waals surface area contributed by atoms with Crippen LogP contribution in [0.4, 0.5) is 5.69 Å². The molecule has 1 aliphatic heterocycles. The lowest BCUT2D eigenvalue weighted by Crippen LogP contribution is -2.55. The summed E-state index contributed by atoms with van der Waals surface area (Å²) >= 11 is 0. The third-order valence-corrected chi connectivity index (χ3v) is 2.70. The fraction of sp³-hybridized carbons (Fsp3) is 0.400. The molecule has 0 aliphatic carbocycles. The summed E-state index contributed by atoms with van der Waals surface area (Å²) in [6.07, 6.45) is 1.56. The fourth-order valence-corrected chi connectivity index (χ4v) is 1.75. The summed E-state index contributed by atoms with van der Waals surface area (Å²) in [5.74, 6) is -0.321. The van der Waals surface area contributed by atoms with Crippen LogP contribution in [-0.4, -0.2) is 40.8 Å². The molecule has 6 heteroatoms. The number of H-pyrrole nitrogens is 1. The number of rotatable bonds is 1. The fourth-order valence-electron chi connectivity index (χ4n) is 1.75. The van der Waals surface area contributed by atoms with E-state index in [0.29, 0.717) is 24.5 Å². The van der Waals surface area contributed by atoms with Gasteiger partial charge in [-0.3, -0.25) is 9.59 Å². The molecule has 1 fully saturated rings. The van der Waals surface area contributed by atoms with Crippen molar-refractivity contribution in [2.24, 2.45) is 0 Å². The van der Waals surface area contributed by atoms with Crippen LogP contribution in [0.25, 0.3) is 0 Å². The minimum atomic E-state index is -0.439. The topological polar surface area (TPSA) is 91.2 Å². The van der Waals surface area contributed by atoms with E-state index >= 15 is 0 Å². The maximum atomic E-state index is 12.0. The number of carbonyl (C=O) groups excluding carboxylic acids is 2. The number of anilines is 1. The molecule has 1 aromatic rings. The number of nitrogens with two attached hydrogens (primary N) is 1. The Morgan fingerprint density at radius 1 is 1.62 bits per heavy atom. The van der Waals surface area contributed by atoms with Gasteiger partial charge in [-0.2, -0.15) is 0 Å². The molecule has 0 aromatic carbocycles. The summed E-state index contributed by atoms with van der Waals surface area (Å²) in [4.78, 5) is 27.8. The van der Waals surface area contributed by atoms with Crippen molar-refractivity contribution in [2.45, 2.75) is 13.0 Å². The van der Waals surface area contributed by atoms with E-state index in [9.17, 15) is 9.59 Å².